The average molecular weight is 148 g/mol. The van der Waals surface area contributed by atoms with Crippen LogP contribution in [-0.2, 0) is 0 Å². The van der Waals surface area contributed by atoms with E-state index < -0.39 is 0 Å². The predicted molar refractivity (Wildman–Crippen MR) is 27.9 cm³/mol. The third kappa shape index (κ3) is 0.712. The Morgan fingerprint density at radius 3 is 3.00 bits per heavy atom. The number of hydrazone groups is 1. The molecule has 1 N–H and O–H groups in total. The van der Waals surface area contributed by atoms with Crippen molar-refractivity contribution in [3.05, 3.63) is 0 Å². The van der Waals surface area contributed by atoms with E-state index in [1.807, 2.05) is 0 Å². The summed E-state index contributed by atoms with van der Waals surface area (Å²) in [5, 5.41) is 3.62. The van der Waals surface area contributed by atoms with Crippen molar-refractivity contribution in [2.75, 3.05) is 0 Å². The Kier molecular flexibility index (Phi) is 1.10. The lowest BCUT2D eigenvalue weighted by molar-refractivity contribution is 0.774. The first kappa shape index (κ1) is 4.12. The van der Waals surface area contributed by atoms with Crippen molar-refractivity contribution in [2.24, 2.45) is 5.10 Å². The molecule has 0 aromatic rings. The van der Waals surface area contributed by atoms with Crippen LogP contribution < -0.4 is 5.43 Å². The minimum absolute atomic E-state index is 0.331. The molecule has 0 fully saturated rings. The summed E-state index contributed by atoms with van der Waals surface area (Å²) >= 11 is 3.27. The van der Waals surface area contributed by atoms with Crippen LogP contribution in [0.15, 0.2) is 5.10 Å². The molecule has 0 aliphatic carbocycles. The highest BCUT2D eigenvalue weighted by Crippen LogP contribution is 2.01. The Balaban J connectivity index is 2.32. The third-order valence-corrected chi connectivity index (χ3v) is 1.08. The van der Waals surface area contributed by atoms with Gasteiger partial charge in [-0.15, -0.1) is 0 Å². The molecule has 1 unspecified atom stereocenters. The van der Waals surface area contributed by atoms with Crippen LogP contribution in [0.2, 0.25) is 0 Å². The van der Waals surface area contributed by atoms with E-state index in [9.17, 15) is 0 Å². The normalized spacial score (nSPS) is 30.5. The molecule has 33 valence electrons. The zero-order valence-corrected chi connectivity index (χ0v) is 4.70. The molecule has 1 atom stereocenters. The van der Waals surface area contributed by atoms with Gasteiger partial charge in [-0.25, -0.2) is 0 Å². The Morgan fingerprint density at radius 1 is 2.00 bits per heavy atom. The van der Waals surface area contributed by atoms with E-state index in [2.05, 4.69) is 32.7 Å². The second kappa shape index (κ2) is 1.60. The van der Waals surface area contributed by atoms with Gasteiger partial charge in [0.15, 0.2) is 0 Å². The summed E-state index contributed by atoms with van der Waals surface area (Å²) in [6.07, 6.45) is 3.61. The summed E-state index contributed by atoms with van der Waals surface area (Å²) in [6.45, 7) is 0. The number of hydrogen-bond acceptors (Lipinski definition) is 2. The maximum absolute atomic E-state index is 3.62. The Hall–Kier alpha value is -0.0500. The molecule has 0 aromatic carbocycles. The summed E-state index contributed by atoms with van der Waals surface area (Å²) in [6, 6.07) is 0. The summed E-state index contributed by atoms with van der Waals surface area (Å²) in [4.78, 5) is 0.331. The van der Waals surface area contributed by atoms with E-state index in [0.717, 1.165) is 6.42 Å². The second-order valence-electron chi connectivity index (χ2n) is 1.07. The highest BCUT2D eigenvalue weighted by molar-refractivity contribution is 9.09. The largest absolute Gasteiger partial charge is 0.296 e. The average Bonchev–Trinajstić information content (AvgIpc) is 1.86. The molecule has 1 radical (unpaired) electrons. The van der Waals surface area contributed by atoms with E-state index in [0.29, 0.717) is 4.95 Å². The quantitative estimate of drug-likeness (QED) is 0.394. The fourth-order valence-electron chi connectivity index (χ4n) is 0.287. The standard InChI is InChI=1S/C3H4BrN2/c4-3-1-2-5-6-3/h3,6H,1H2. The van der Waals surface area contributed by atoms with Crippen LogP contribution in [-0.4, -0.2) is 11.2 Å². The van der Waals surface area contributed by atoms with E-state index in [1.165, 1.54) is 0 Å². The number of rotatable bonds is 0. The molecule has 0 amide bonds. The van der Waals surface area contributed by atoms with Crippen LogP contribution in [0.25, 0.3) is 0 Å². The first-order valence-electron chi connectivity index (χ1n) is 1.72. The molecular weight excluding hydrogens is 144 g/mol. The summed E-state index contributed by atoms with van der Waals surface area (Å²) in [5.74, 6) is 0. The molecule has 6 heavy (non-hydrogen) atoms. The first-order chi connectivity index (χ1) is 2.89. The van der Waals surface area contributed by atoms with Gasteiger partial charge in [-0.05, 0) is 0 Å². The Labute approximate surface area is 44.7 Å². The fourth-order valence-corrected chi connectivity index (χ4v) is 0.534. The highest BCUT2D eigenvalue weighted by Gasteiger charge is 2.02. The van der Waals surface area contributed by atoms with Gasteiger partial charge in [0.2, 0.25) is 0 Å². The predicted octanol–water partition coefficient (Wildman–Crippen LogP) is 0.564. The van der Waals surface area contributed by atoms with E-state index in [1.54, 1.807) is 0 Å². The van der Waals surface area contributed by atoms with Crippen LogP contribution in [0.3, 0.4) is 0 Å². The van der Waals surface area contributed by atoms with Crippen LogP contribution in [0, 0.1) is 0 Å². The number of nitrogens with zero attached hydrogens (tertiary/aromatic N) is 1. The van der Waals surface area contributed by atoms with Gasteiger partial charge in [-0.2, -0.15) is 5.10 Å². The first-order valence-corrected chi connectivity index (χ1v) is 2.63. The topological polar surface area (TPSA) is 24.4 Å². The lowest BCUT2D eigenvalue weighted by atomic mass is 10.5. The van der Waals surface area contributed by atoms with Crippen LogP contribution in [0.4, 0.5) is 0 Å². The lowest BCUT2D eigenvalue weighted by Crippen LogP contribution is -2.08. The SMILES string of the molecule is BrC1C[C]=NN1. The van der Waals surface area contributed by atoms with Gasteiger partial charge >= 0.3 is 0 Å². The van der Waals surface area contributed by atoms with Crippen molar-refractivity contribution >= 4 is 22.1 Å². The zero-order chi connectivity index (χ0) is 4.41. The van der Waals surface area contributed by atoms with Gasteiger partial charge in [0.05, 0.1) is 6.21 Å². The summed E-state index contributed by atoms with van der Waals surface area (Å²) in [7, 11) is 0. The van der Waals surface area contributed by atoms with Crippen molar-refractivity contribution < 1.29 is 0 Å². The molecule has 0 aromatic heterocycles. The van der Waals surface area contributed by atoms with Gasteiger partial charge in [0, 0.05) is 6.42 Å². The lowest BCUT2D eigenvalue weighted by Gasteiger charge is -1.92. The number of alkyl halides is 1. The van der Waals surface area contributed by atoms with E-state index in [4.69, 9.17) is 0 Å². The van der Waals surface area contributed by atoms with Crippen molar-refractivity contribution in [3.63, 3.8) is 0 Å². The molecule has 0 saturated heterocycles. The van der Waals surface area contributed by atoms with Gasteiger partial charge in [0.25, 0.3) is 0 Å². The zero-order valence-electron chi connectivity index (χ0n) is 3.11. The van der Waals surface area contributed by atoms with Gasteiger partial charge in [-0.1, -0.05) is 15.9 Å². The molecule has 1 aliphatic heterocycles. The number of halogens is 1. The molecule has 0 saturated carbocycles. The summed E-state index contributed by atoms with van der Waals surface area (Å²) in [5.41, 5.74) is 2.75. The molecule has 1 heterocycles. The fraction of sp³-hybridized carbons (Fsp3) is 0.667. The summed E-state index contributed by atoms with van der Waals surface area (Å²) < 4.78 is 0. The van der Waals surface area contributed by atoms with Gasteiger partial charge in [0.1, 0.15) is 4.95 Å². The number of nitrogens with one attached hydrogen (secondary N) is 1. The van der Waals surface area contributed by atoms with Crippen molar-refractivity contribution in [1.82, 2.24) is 5.43 Å². The molecular formula is C3H4BrN2. The van der Waals surface area contributed by atoms with E-state index in [-0.39, 0.29) is 0 Å². The molecule has 1 aliphatic rings. The molecule has 3 heteroatoms. The van der Waals surface area contributed by atoms with Crippen LogP contribution in [0.5, 0.6) is 0 Å². The van der Waals surface area contributed by atoms with Gasteiger partial charge < -0.3 is 0 Å². The minimum atomic E-state index is 0.331. The van der Waals surface area contributed by atoms with E-state index >= 15 is 0 Å². The minimum Gasteiger partial charge on any atom is -0.296 e. The smallest absolute Gasteiger partial charge is 0.104 e. The maximum atomic E-state index is 3.62. The van der Waals surface area contributed by atoms with Crippen molar-refractivity contribution in [1.29, 1.82) is 0 Å². The van der Waals surface area contributed by atoms with Crippen molar-refractivity contribution in [3.8, 4) is 0 Å². The molecule has 0 spiro atoms. The maximum Gasteiger partial charge on any atom is 0.104 e. The van der Waals surface area contributed by atoms with Crippen molar-refractivity contribution in [2.45, 2.75) is 11.4 Å². The Bertz CT molecular complexity index is 63.2. The Morgan fingerprint density at radius 2 is 2.83 bits per heavy atom. The number of hydrogen-bond donors (Lipinski definition) is 1. The third-order valence-electron chi connectivity index (χ3n) is 0.554. The second-order valence-corrected chi connectivity index (χ2v) is 2.18. The highest BCUT2D eigenvalue weighted by atomic mass is 79.9. The van der Waals surface area contributed by atoms with Crippen LogP contribution in [0.1, 0.15) is 6.42 Å². The molecule has 0 bridgehead atoms. The van der Waals surface area contributed by atoms with Crippen LogP contribution >= 0.6 is 15.9 Å². The monoisotopic (exact) mass is 147 g/mol. The molecule has 2 nitrogen and oxygen atoms in total. The molecule has 1 rings (SSSR count). The van der Waals surface area contributed by atoms with Gasteiger partial charge in [-0.3, -0.25) is 5.43 Å².